The second kappa shape index (κ2) is 8.59. The molecule has 4 N–H and O–H groups in total. The van der Waals surface area contributed by atoms with E-state index in [9.17, 15) is 12.8 Å². The molecule has 2 aromatic carbocycles. The molecule has 2 aromatic rings. The van der Waals surface area contributed by atoms with Crippen LogP contribution in [0.15, 0.2) is 58.4 Å². The van der Waals surface area contributed by atoms with Gasteiger partial charge in [0.25, 0.3) is 0 Å². The number of hydrogen-bond donors (Lipinski definition) is 3. The number of aliphatic imine (C=N–C) groups is 1. The second-order valence-electron chi connectivity index (χ2n) is 5.42. The largest absolute Gasteiger partial charge is 0.356 e. The smallest absolute Gasteiger partial charge is 0.238 e. The van der Waals surface area contributed by atoms with Crippen LogP contribution in [0.1, 0.15) is 11.1 Å². The molecule has 0 aliphatic rings. The topological polar surface area (TPSA) is 96.6 Å². The van der Waals surface area contributed by atoms with Crippen molar-refractivity contribution in [3.8, 4) is 0 Å². The molecule has 0 fully saturated rings. The maximum absolute atomic E-state index is 12.9. The van der Waals surface area contributed by atoms with Crippen molar-refractivity contribution in [3.05, 3.63) is 65.5 Å². The molecule has 0 unspecified atom stereocenters. The highest BCUT2D eigenvalue weighted by atomic mass is 32.2. The van der Waals surface area contributed by atoms with Crippen LogP contribution in [0.4, 0.5) is 4.39 Å². The number of hydrogen-bond acceptors (Lipinski definition) is 3. The molecule has 134 valence electrons. The first-order valence-electron chi connectivity index (χ1n) is 7.69. The van der Waals surface area contributed by atoms with E-state index in [0.717, 1.165) is 17.5 Å². The van der Waals surface area contributed by atoms with Crippen molar-refractivity contribution in [2.75, 3.05) is 13.6 Å². The van der Waals surface area contributed by atoms with Gasteiger partial charge in [-0.1, -0.05) is 24.3 Å². The van der Waals surface area contributed by atoms with Gasteiger partial charge in [-0.2, -0.15) is 0 Å². The van der Waals surface area contributed by atoms with Gasteiger partial charge in [-0.15, -0.1) is 0 Å². The van der Waals surface area contributed by atoms with Gasteiger partial charge in [-0.25, -0.2) is 17.9 Å². The van der Waals surface area contributed by atoms with Crippen molar-refractivity contribution < 1.29 is 12.8 Å². The van der Waals surface area contributed by atoms with E-state index in [1.165, 1.54) is 24.3 Å². The molecule has 0 heterocycles. The van der Waals surface area contributed by atoms with Crippen LogP contribution >= 0.6 is 0 Å². The summed E-state index contributed by atoms with van der Waals surface area (Å²) in [6.45, 7) is 1.14. The zero-order chi connectivity index (χ0) is 18.3. The lowest BCUT2D eigenvalue weighted by Gasteiger charge is -2.12. The third kappa shape index (κ3) is 6.17. The van der Waals surface area contributed by atoms with Crippen LogP contribution in [0.2, 0.25) is 0 Å². The molecule has 0 saturated heterocycles. The number of nitrogens with zero attached hydrogens (tertiary/aromatic N) is 1. The average molecular weight is 364 g/mol. The molecule has 0 saturated carbocycles. The van der Waals surface area contributed by atoms with E-state index in [1.807, 2.05) is 0 Å². The lowest BCUT2D eigenvalue weighted by atomic mass is 10.1. The Morgan fingerprint density at radius 2 is 1.64 bits per heavy atom. The summed E-state index contributed by atoms with van der Waals surface area (Å²) in [4.78, 5) is 4.21. The Labute approximate surface area is 147 Å². The van der Waals surface area contributed by atoms with Gasteiger partial charge in [0.05, 0.1) is 4.90 Å². The van der Waals surface area contributed by atoms with Crippen LogP contribution in [0.25, 0.3) is 0 Å². The van der Waals surface area contributed by atoms with Gasteiger partial charge in [0.1, 0.15) is 5.82 Å². The van der Waals surface area contributed by atoms with Crippen LogP contribution in [0, 0.1) is 5.82 Å². The highest BCUT2D eigenvalue weighted by Gasteiger charge is 2.06. The Morgan fingerprint density at radius 1 is 1.04 bits per heavy atom. The van der Waals surface area contributed by atoms with Gasteiger partial charge in [0.2, 0.25) is 10.0 Å². The SMILES string of the molecule is CN=C(NCCc1ccc(F)cc1)NCc1ccc(S(N)(=O)=O)cc1. The van der Waals surface area contributed by atoms with Crippen molar-refractivity contribution in [3.63, 3.8) is 0 Å². The molecular weight excluding hydrogens is 343 g/mol. The van der Waals surface area contributed by atoms with Gasteiger partial charge in [-0.05, 0) is 41.8 Å². The Morgan fingerprint density at radius 3 is 2.20 bits per heavy atom. The molecule has 0 aromatic heterocycles. The summed E-state index contributed by atoms with van der Waals surface area (Å²) >= 11 is 0. The molecule has 0 atom stereocenters. The molecule has 2 rings (SSSR count). The van der Waals surface area contributed by atoms with E-state index in [4.69, 9.17) is 5.14 Å². The fourth-order valence-corrected chi connectivity index (χ4v) is 2.70. The number of guanidine groups is 1. The number of halogens is 1. The normalized spacial score (nSPS) is 12.0. The first-order chi connectivity index (χ1) is 11.9. The molecular formula is C17H21FN4O2S. The van der Waals surface area contributed by atoms with E-state index >= 15 is 0 Å². The first kappa shape index (κ1) is 18.9. The summed E-state index contributed by atoms with van der Waals surface area (Å²) in [5.74, 6) is 0.375. The van der Waals surface area contributed by atoms with Crippen molar-refractivity contribution >= 4 is 16.0 Å². The number of primary sulfonamides is 1. The molecule has 0 spiro atoms. The summed E-state index contributed by atoms with van der Waals surface area (Å²) < 4.78 is 35.3. The Bertz CT molecular complexity index is 819. The molecule has 8 heteroatoms. The van der Waals surface area contributed by atoms with Crippen LogP contribution in [0.3, 0.4) is 0 Å². The average Bonchev–Trinajstić information content (AvgIpc) is 2.59. The van der Waals surface area contributed by atoms with Crippen molar-refractivity contribution in [1.29, 1.82) is 0 Å². The van der Waals surface area contributed by atoms with E-state index in [2.05, 4.69) is 15.6 Å². The summed E-state index contributed by atoms with van der Waals surface area (Å²) in [6, 6.07) is 12.7. The van der Waals surface area contributed by atoms with E-state index in [0.29, 0.717) is 19.0 Å². The van der Waals surface area contributed by atoms with Gasteiger partial charge < -0.3 is 10.6 Å². The zero-order valence-electron chi connectivity index (χ0n) is 13.9. The second-order valence-corrected chi connectivity index (χ2v) is 6.98. The standard InChI is InChI=1S/C17H21FN4O2S/c1-20-17(21-11-10-13-2-6-15(18)7-3-13)22-12-14-4-8-16(9-5-14)25(19,23)24/h2-9H,10-12H2,1H3,(H2,19,23,24)(H2,20,21,22). The summed E-state index contributed by atoms with van der Waals surface area (Å²) in [5.41, 5.74) is 1.93. The Kier molecular flexibility index (Phi) is 6.49. The lowest BCUT2D eigenvalue weighted by Crippen LogP contribution is -2.37. The number of sulfonamides is 1. The van der Waals surface area contributed by atoms with Gasteiger partial charge in [0.15, 0.2) is 5.96 Å². The Balaban J connectivity index is 1.81. The zero-order valence-corrected chi connectivity index (χ0v) is 14.7. The summed E-state index contributed by atoms with van der Waals surface area (Å²) in [5, 5.41) is 11.4. The predicted molar refractivity (Wildman–Crippen MR) is 96.1 cm³/mol. The number of nitrogens with one attached hydrogen (secondary N) is 2. The molecule has 0 bridgehead atoms. The molecule has 0 radical (unpaired) electrons. The molecule has 6 nitrogen and oxygen atoms in total. The first-order valence-corrected chi connectivity index (χ1v) is 9.24. The minimum atomic E-state index is -3.68. The summed E-state index contributed by atoms with van der Waals surface area (Å²) in [6.07, 6.45) is 0.740. The van der Waals surface area contributed by atoms with Crippen LogP contribution in [-0.2, 0) is 23.0 Å². The van der Waals surface area contributed by atoms with Crippen LogP contribution in [0.5, 0.6) is 0 Å². The number of benzene rings is 2. The highest BCUT2D eigenvalue weighted by Crippen LogP contribution is 2.08. The maximum atomic E-state index is 12.9. The van der Waals surface area contributed by atoms with Gasteiger partial charge in [-0.3, -0.25) is 4.99 Å². The van der Waals surface area contributed by atoms with Crippen LogP contribution < -0.4 is 15.8 Å². The molecule has 0 aliphatic heterocycles. The minimum absolute atomic E-state index is 0.0815. The van der Waals surface area contributed by atoms with Crippen molar-refractivity contribution in [2.24, 2.45) is 10.1 Å². The van der Waals surface area contributed by atoms with E-state index in [-0.39, 0.29) is 10.7 Å². The van der Waals surface area contributed by atoms with Crippen LogP contribution in [-0.4, -0.2) is 28.0 Å². The molecule has 0 amide bonds. The fraction of sp³-hybridized carbons (Fsp3) is 0.235. The predicted octanol–water partition coefficient (Wildman–Crippen LogP) is 1.38. The third-order valence-electron chi connectivity index (χ3n) is 3.55. The summed E-state index contributed by atoms with van der Waals surface area (Å²) in [7, 11) is -2.01. The number of rotatable bonds is 6. The van der Waals surface area contributed by atoms with Crippen molar-refractivity contribution in [1.82, 2.24) is 10.6 Å². The maximum Gasteiger partial charge on any atom is 0.238 e. The highest BCUT2D eigenvalue weighted by molar-refractivity contribution is 7.89. The lowest BCUT2D eigenvalue weighted by molar-refractivity contribution is 0.597. The molecule has 25 heavy (non-hydrogen) atoms. The number of nitrogens with two attached hydrogens (primary N) is 1. The Hall–Kier alpha value is -2.45. The molecule has 0 aliphatic carbocycles. The van der Waals surface area contributed by atoms with E-state index in [1.54, 1.807) is 31.3 Å². The third-order valence-corrected chi connectivity index (χ3v) is 4.48. The van der Waals surface area contributed by atoms with Crippen molar-refractivity contribution in [2.45, 2.75) is 17.9 Å². The van der Waals surface area contributed by atoms with Gasteiger partial charge in [0, 0.05) is 20.1 Å². The van der Waals surface area contributed by atoms with Gasteiger partial charge >= 0.3 is 0 Å². The minimum Gasteiger partial charge on any atom is -0.356 e. The fourth-order valence-electron chi connectivity index (χ4n) is 2.18. The quantitative estimate of drug-likeness (QED) is 0.533. The van der Waals surface area contributed by atoms with E-state index < -0.39 is 10.0 Å². The monoisotopic (exact) mass is 364 g/mol.